The lowest BCUT2D eigenvalue weighted by Gasteiger charge is -2.40. The smallest absolute Gasteiger partial charge is 0.191 e. The van der Waals surface area contributed by atoms with Crippen molar-refractivity contribution in [1.82, 2.24) is 9.80 Å². The van der Waals surface area contributed by atoms with Crippen LogP contribution in [0.5, 0.6) is 0 Å². The molecule has 27 heavy (non-hydrogen) atoms. The van der Waals surface area contributed by atoms with Gasteiger partial charge in [-0.15, -0.1) is 24.0 Å². The molecule has 8 heteroatoms. The first-order valence-electron chi connectivity index (χ1n) is 9.34. The van der Waals surface area contributed by atoms with Crippen LogP contribution in [0.25, 0.3) is 0 Å². The van der Waals surface area contributed by atoms with Gasteiger partial charge in [0.15, 0.2) is 5.96 Å². The van der Waals surface area contributed by atoms with Crippen LogP contribution in [-0.2, 0) is 4.74 Å². The molecule has 0 unspecified atom stereocenters. The van der Waals surface area contributed by atoms with E-state index in [0.717, 1.165) is 58.2 Å². The molecule has 2 N–H and O–H groups in total. The van der Waals surface area contributed by atoms with Gasteiger partial charge < -0.3 is 20.3 Å². The minimum Gasteiger partial charge on any atom is -0.379 e. The van der Waals surface area contributed by atoms with Crippen LogP contribution in [0.1, 0.15) is 13.8 Å². The fourth-order valence-corrected chi connectivity index (χ4v) is 3.49. The summed E-state index contributed by atoms with van der Waals surface area (Å²) in [6.07, 6.45) is 0. The number of rotatable bonds is 4. The third-order valence-corrected chi connectivity index (χ3v) is 5.29. The molecule has 2 fully saturated rings. The second kappa shape index (κ2) is 9.88. The van der Waals surface area contributed by atoms with Crippen LogP contribution in [-0.4, -0.2) is 80.3 Å². The number of anilines is 1. The second-order valence-corrected chi connectivity index (χ2v) is 7.54. The molecule has 0 saturated carbocycles. The van der Waals surface area contributed by atoms with E-state index in [1.807, 2.05) is 12.1 Å². The molecular formula is C19H31FIN5O. The van der Waals surface area contributed by atoms with Crippen molar-refractivity contribution in [3.05, 3.63) is 30.1 Å². The fourth-order valence-electron chi connectivity index (χ4n) is 3.49. The molecule has 152 valence electrons. The van der Waals surface area contributed by atoms with Crippen molar-refractivity contribution in [2.45, 2.75) is 19.4 Å². The molecule has 0 aromatic heterocycles. The van der Waals surface area contributed by atoms with Crippen molar-refractivity contribution in [1.29, 1.82) is 0 Å². The molecule has 0 amide bonds. The highest BCUT2D eigenvalue weighted by molar-refractivity contribution is 14.0. The number of hydrogen-bond acceptors (Lipinski definition) is 4. The summed E-state index contributed by atoms with van der Waals surface area (Å²) in [6, 6.07) is 6.66. The van der Waals surface area contributed by atoms with Gasteiger partial charge in [0.1, 0.15) is 5.82 Å². The number of ether oxygens (including phenoxy) is 1. The maximum Gasteiger partial charge on any atom is 0.191 e. The molecule has 0 radical (unpaired) electrons. The summed E-state index contributed by atoms with van der Waals surface area (Å²) >= 11 is 0. The van der Waals surface area contributed by atoms with Crippen LogP contribution in [0.3, 0.4) is 0 Å². The SMILES string of the molecule is CC(C)(CN=C(N)N1CCN(c2ccc(F)cc2)CC1)N1CCOCC1.I. The highest BCUT2D eigenvalue weighted by atomic mass is 127. The van der Waals surface area contributed by atoms with Gasteiger partial charge in [-0.2, -0.15) is 0 Å². The molecule has 3 rings (SSSR count). The van der Waals surface area contributed by atoms with Crippen molar-refractivity contribution >= 4 is 35.6 Å². The molecule has 0 atom stereocenters. The number of nitrogens with two attached hydrogens (primary N) is 1. The highest BCUT2D eigenvalue weighted by Gasteiger charge is 2.28. The molecule has 1 aromatic rings. The van der Waals surface area contributed by atoms with Crippen molar-refractivity contribution in [3.63, 3.8) is 0 Å². The fraction of sp³-hybridized carbons (Fsp3) is 0.632. The first-order chi connectivity index (χ1) is 12.5. The predicted molar refractivity (Wildman–Crippen MR) is 119 cm³/mol. The van der Waals surface area contributed by atoms with E-state index in [1.54, 1.807) is 0 Å². The van der Waals surface area contributed by atoms with Crippen LogP contribution in [0.2, 0.25) is 0 Å². The van der Waals surface area contributed by atoms with E-state index in [1.165, 1.54) is 12.1 Å². The van der Waals surface area contributed by atoms with Crippen molar-refractivity contribution < 1.29 is 9.13 Å². The molecule has 1 aromatic carbocycles. The maximum absolute atomic E-state index is 13.1. The summed E-state index contributed by atoms with van der Waals surface area (Å²) in [5, 5.41) is 0. The summed E-state index contributed by atoms with van der Waals surface area (Å²) < 4.78 is 18.5. The van der Waals surface area contributed by atoms with Gasteiger partial charge >= 0.3 is 0 Å². The lowest BCUT2D eigenvalue weighted by atomic mass is 10.0. The van der Waals surface area contributed by atoms with Crippen molar-refractivity contribution in [2.24, 2.45) is 10.7 Å². The number of nitrogens with zero attached hydrogens (tertiary/aromatic N) is 4. The largest absolute Gasteiger partial charge is 0.379 e. The number of piperazine rings is 1. The zero-order valence-electron chi connectivity index (χ0n) is 16.2. The van der Waals surface area contributed by atoms with Gasteiger partial charge in [-0.05, 0) is 38.1 Å². The van der Waals surface area contributed by atoms with E-state index in [0.29, 0.717) is 12.5 Å². The quantitative estimate of drug-likeness (QED) is 0.397. The standard InChI is InChI=1S/C19H30FN5O.HI/c1-19(2,25-11-13-26-14-12-25)15-22-18(21)24-9-7-23(8-10-24)17-5-3-16(20)4-6-17;/h3-6H,7-15H2,1-2H3,(H2,21,22);1H. The van der Waals surface area contributed by atoms with Gasteiger partial charge in [0.2, 0.25) is 0 Å². The van der Waals surface area contributed by atoms with Gasteiger partial charge in [0.25, 0.3) is 0 Å². The van der Waals surface area contributed by atoms with E-state index in [4.69, 9.17) is 10.5 Å². The van der Waals surface area contributed by atoms with Gasteiger partial charge in [0, 0.05) is 50.5 Å². The molecule has 6 nitrogen and oxygen atoms in total. The van der Waals surface area contributed by atoms with E-state index in [9.17, 15) is 4.39 Å². The molecule has 2 aliphatic heterocycles. The lowest BCUT2D eigenvalue weighted by Crippen LogP contribution is -2.53. The number of benzene rings is 1. The molecule has 0 aliphatic carbocycles. The molecule has 0 spiro atoms. The normalized spacial score (nSPS) is 19.7. The van der Waals surface area contributed by atoms with Crippen LogP contribution >= 0.6 is 24.0 Å². The Morgan fingerprint density at radius 1 is 1.07 bits per heavy atom. The Hall–Kier alpha value is -1.13. The number of morpholine rings is 1. The van der Waals surface area contributed by atoms with E-state index < -0.39 is 0 Å². The maximum atomic E-state index is 13.1. The molecule has 2 saturated heterocycles. The molecule has 2 heterocycles. The van der Waals surface area contributed by atoms with Crippen LogP contribution in [0.4, 0.5) is 10.1 Å². The topological polar surface area (TPSA) is 57.3 Å². The summed E-state index contributed by atoms with van der Waals surface area (Å²) in [5.41, 5.74) is 7.28. The van der Waals surface area contributed by atoms with E-state index in [-0.39, 0.29) is 35.3 Å². The second-order valence-electron chi connectivity index (χ2n) is 7.54. The summed E-state index contributed by atoms with van der Waals surface area (Å²) in [7, 11) is 0. The van der Waals surface area contributed by atoms with Crippen LogP contribution in [0, 0.1) is 5.82 Å². The summed E-state index contributed by atoms with van der Waals surface area (Å²) in [4.78, 5) is 11.5. The minimum absolute atomic E-state index is 0. The Labute approximate surface area is 178 Å². The Balaban J connectivity index is 0.00000261. The highest BCUT2D eigenvalue weighted by Crippen LogP contribution is 2.18. The lowest BCUT2D eigenvalue weighted by molar-refractivity contribution is -0.00687. The number of guanidine groups is 1. The van der Waals surface area contributed by atoms with Gasteiger partial charge in [-0.3, -0.25) is 9.89 Å². The third kappa shape index (κ3) is 5.92. The molecule has 0 bridgehead atoms. The monoisotopic (exact) mass is 491 g/mol. The van der Waals surface area contributed by atoms with Crippen molar-refractivity contribution in [3.8, 4) is 0 Å². The predicted octanol–water partition coefficient (Wildman–Crippen LogP) is 1.99. The van der Waals surface area contributed by atoms with Gasteiger partial charge in [-0.25, -0.2) is 4.39 Å². The summed E-state index contributed by atoms with van der Waals surface area (Å²) in [5.74, 6) is 0.414. The van der Waals surface area contributed by atoms with Crippen LogP contribution < -0.4 is 10.6 Å². The Kier molecular flexibility index (Phi) is 8.11. The molecule has 2 aliphatic rings. The van der Waals surface area contributed by atoms with Crippen LogP contribution in [0.15, 0.2) is 29.3 Å². The van der Waals surface area contributed by atoms with Gasteiger partial charge in [-0.1, -0.05) is 0 Å². The first kappa shape index (κ1) is 22.2. The zero-order chi connectivity index (χ0) is 18.6. The zero-order valence-corrected chi connectivity index (χ0v) is 18.6. The molecular weight excluding hydrogens is 460 g/mol. The number of halogens is 2. The number of aliphatic imine (C=N–C) groups is 1. The van der Waals surface area contributed by atoms with Gasteiger partial charge in [0.05, 0.1) is 19.8 Å². The Morgan fingerprint density at radius 2 is 1.67 bits per heavy atom. The van der Waals surface area contributed by atoms with E-state index >= 15 is 0 Å². The Morgan fingerprint density at radius 3 is 2.26 bits per heavy atom. The number of hydrogen-bond donors (Lipinski definition) is 1. The third-order valence-electron chi connectivity index (χ3n) is 5.29. The van der Waals surface area contributed by atoms with E-state index in [2.05, 4.69) is 33.5 Å². The van der Waals surface area contributed by atoms with Crippen molar-refractivity contribution in [2.75, 3.05) is 63.9 Å². The summed E-state index contributed by atoms with van der Waals surface area (Å²) in [6.45, 7) is 11.9. The average molecular weight is 491 g/mol. The average Bonchev–Trinajstić information content (AvgIpc) is 2.68. The Bertz CT molecular complexity index is 611. The minimum atomic E-state index is -0.202. The first-order valence-corrected chi connectivity index (χ1v) is 9.34.